The first-order valence-electron chi connectivity index (χ1n) is 6.92. The standard InChI is InChI=1S/C16H22ClN3/c1-11-15(12(2)20(4)19-11)10-14(18-3)9-13-7-5-6-8-16(13)17/h5-8,14,18H,9-10H2,1-4H3. The van der Waals surface area contributed by atoms with Crippen LogP contribution in [0.15, 0.2) is 24.3 Å². The van der Waals surface area contributed by atoms with E-state index in [0.29, 0.717) is 6.04 Å². The molecule has 20 heavy (non-hydrogen) atoms. The van der Waals surface area contributed by atoms with Crippen LogP contribution < -0.4 is 5.32 Å². The molecule has 2 rings (SSSR count). The molecule has 0 bridgehead atoms. The molecule has 1 unspecified atom stereocenters. The Morgan fingerprint density at radius 1 is 1.25 bits per heavy atom. The molecular weight excluding hydrogens is 270 g/mol. The molecule has 1 aromatic heterocycles. The van der Waals surface area contributed by atoms with Gasteiger partial charge >= 0.3 is 0 Å². The normalized spacial score (nSPS) is 12.7. The van der Waals surface area contributed by atoms with Crippen LogP contribution in [0.1, 0.15) is 22.5 Å². The Hall–Kier alpha value is -1.32. The van der Waals surface area contributed by atoms with Gasteiger partial charge in [-0.3, -0.25) is 4.68 Å². The van der Waals surface area contributed by atoms with Gasteiger partial charge in [0.15, 0.2) is 0 Å². The SMILES string of the molecule is CNC(Cc1ccccc1Cl)Cc1c(C)nn(C)c1C. The zero-order chi connectivity index (χ0) is 14.7. The predicted molar refractivity (Wildman–Crippen MR) is 84.4 cm³/mol. The van der Waals surface area contributed by atoms with E-state index in [0.717, 1.165) is 23.6 Å². The average Bonchev–Trinajstić information content (AvgIpc) is 2.66. The van der Waals surface area contributed by atoms with Gasteiger partial charge in [0, 0.05) is 23.8 Å². The van der Waals surface area contributed by atoms with E-state index in [4.69, 9.17) is 11.6 Å². The highest BCUT2D eigenvalue weighted by Gasteiger charge is 2.16. The van der Waals surface area contributed by atoms with E-state index in [1.54, 1.807) is 0 Å². The van der Waals surface area contributed by atoms with Crippen molar-refractivity contribution in [3.63, 3.8) is 0 Å². The average molecular weight is 292 g/mol. The first-order chi connectivity index (χ1) is 9.52. The summed E-state index contributed by atoms with van der Waals surface area (Å²) in [7, 11) is 4.00. The lowest BCUT2D eigenvalue weighted by Gasteiger charge is -2.17. The molecule has 4 heteroatoms. The highest BCUT2D eigenvalue weighted by molar-refractivity contribution is 6.31. The van der Waals surface area contributed by atoms with E-state index in [1.165, 1.54) is 16.8 Å². The summed E-state index contributed by atoms with van der Waals surface area (Å²) in [6, 6.07) is 8.40. The molecule has 0 amide bonds. The van der Waals surface area contributed by atoms with E-state index >= 15 is 0 Å². The van der Waals surface area contributed by atoms with Gasteiger partial charge in [-0.25, -0.2) is 0 Å². The summed E-state index contributed by atoms with van der Waals surface area (Å²) in [6.07, 6.45) is 1.89. The van der Waals surface area contributed by atoms with Crippen LogP contribution in [0.25, 0.3) is 0 Å². The molecule has 0 aliphatic rings. The number of likely N-dealkylation sites (N-methyl/N-ethyl adjacent to an activating group) is 1. The second kappa shape index (κ2) is 6.42. The number of hydrogen-bond acceptors (Lipinski definition) is 2. The Balaban J connectivity index is 2.15. The minimum Gasteiger partial charge on any atom is -0.316 e. The highest BCUT2D eigenvalue weighted by atomic mass is 35.5. The maximum Gasteiger partial charge on any atom is 0.0628 e. The molecule has 0 radical (unpaired) electrons. The van der Waals surface area contributed by atoms with E-state index < -0.39 is 0 Å². The zero-order valence-electron chi connectivity index (χ0n) is 12.6. The van der Waals surface area contributed by atoms with Gasteiger partial charge in [0.05, 0.1) is 5.69 Å². The largest absolute Gasteiger partial charge is 0.316 e. The van der Waals surface area contributed by atoms with Crippen LogP contribution in [-0.4, -0.2) is 22.9 Å². The smallest absolute Gasteiger partial charge is 0.0628 e. The first-order valence-corrected chi connectivity index (χ1v) is 7.30. The van der Waals surface area contributed by atoms with Gasteiger partial charge in [-0.2, -0.15) is 5.10 Å². The van der Waals surface area contributed by atoms with Gasteiger partial charge in [-0.05, 0) is 50.9 Å². The number of aromatic nitrogens is 2. The molecule has 0 saturated heterocycles. The Kier molecular flexibility index (Phi) is 4.84. The summed E-state index contributed by atoms with van der Waals surface area (Å²) in [5.41, 5.74) is 4.87. The van der Waals surface area contributed by atoms with Gasteiger partial charge in [-0.1, -0.05) is 29.8 Å². The molecule has 0 spiro atoms. The van der Waals surface area contributed by atoms with Gasteiger partial charge in [0.2, 0.25) is 0 Å². The Morgan fingerprint density at radius 3 is 2.50 bits per heavy atom. The summed E-state index contributed by atoms with van der Waals surface area (Å²) < 4.78 is 1.95. The van der Waals surface area contributed by atoms with Crippen LogP contribution in [0.4, 0.5) is 0 Å². The van der Waals surface area contributed by atoms with E-state index in [1.807, 2.05) is 37.0 Å². The number of benzene rings is 1. The van der Waals surface area contributed by atoms with Crippen LogP contribution in [0.3, 0.4) is 0 Å². The Bertz CT molecular complexity index is 589. The third-order valence-corrected chi connectivity index (χ3v) is 4.31. The summed E-state index contributed by atoms with van der Waals surface area (Å²) in [5.74, 6) is 0. The Morgan fingerprint density at radius 2 is 1.95 bits per heavy atom. The first kappa shape index (κ1) is 15.1. The van der Waals surface area contributed by atoms with Gasteiger partial charge in [-0.15, -0.1) is 0 Å². The number of aryl methyl sites for hydroxylation is 2. The number of nitrogens with zero attached hydrogens (tertiary/aromatic N) is 2. The minimum atomic E-state index is 0.358. The molecule has 108 valence electrons. The molecule has 0 saturated carbocycles. The summed E-state index contributed by atoms with van der Waals surface area (Å²) in [4.78, 5) is 0. The Labute approximate surface area is 126 Å². The maximum absolute atomic E-state index is 6.25. The van der Waals surface area contributed by atoms with Crippen LogP contribution in [0.2, 0.25) is 5.02 Å². The van der Waals surface area contributed by atoms with Crippen LogP contribution in [-0.2, 0) is 19.9 Å². The van der Waals surface area contributed by atoms with Crippen molar-refractivity contribution in [2.75, 3.05) is 7.05 Å². The van der Waals surface area contributed by atoms with Crippen molar-refractivity contribution in [3.05, 3.63) is 51.8 Å². The lowest BCUT2D eigenvalue weighted by Crippen LogP contribution is -2.30. The summed E-state index contributed by atoms with van der Waals surface area (Å²) >= 11 is 6.25. The van der Waals surface area contributed by atoms with Gasteiger partial charge < -0.3 is 5.32 Å². The number of nitrogens with one attached hydrogen (secondary N) is 1. The zero-order valence-corrected chi connectivity index (χ0v) is 13.3. The molecular formula is C16H22ClN3. The minimum absolute atomic E-state index is 0.358. The van der Waals surface area contributed by atoms with Crippen molar-refractivity contribution in [3.8, 4) is 0 Å². The van der Waals surface area contributed by atoms with Crippen molar-refractivity contribution >= 4 is 11.6 Å². The fourth-order valence-electron chi connectivity index (χ4n) is 2.56. The van der Waals surface area contributed by atoms with Crippen molar-refractivity contribution in [1.29, 1.82) is 0 Å². The van der Waals surface area contributed by atoms with Crippen LogP contribution in [0, 0.1) is 13.8 Å². The topological polar surface area (TPSA) is 29.9 Å². The fraction of sp³-hybridized carbons (Fsp3) is 0.438. The predicted octanol–water partition coefficient (Wildman–Crippen LogP) is 3.06. The van der Waals surface area contributed by atoms with E-state index in [-0.39, 0.29) is 0 Å². The maximum atomic E-state index is 6.25. The molecule has 1 atom stereocenters. The lowest BCUT2D eigenvalue weighted by atomic mass is 9.98. The molecule has 1 aromatic carbocycles. The third kappa shape index (κ3) is 3.22. The van der Waals surface area contributed by atoms with Crippen molar-refractivity contribution in [2.24, 2.45) is 7.05 Å². The van der Waals surface area contributed by atoms with Crippen molar-refractivity contribution in [1.82, 2.24) is 15.1 Å². The second-order valence-electron chi connectivity index (χ2n) is 5.26. The number of hydrogen-bond donors (Lipinski definition) is 1. The van der Waals surface area contributed by atoms with Crippen molar-refractivity contribution < 1.29 is 0 Å². The van der Waals surface area contributed by atoms with Crippen LogP contribution >= 0.6 is 11.6 Å². The number of rotatable bonds is 5. The summed E-state index contributed by atoms with van der Waals surface area (Å²) in [6.45, 7) is 4.20. The third-order valence-electron chi connectivity index (χ3n) is 3.94. The van der Waals surface area contributed by atoms with Gasteiger partial charge in [0.1, 0.15) is 0 Å². The molecule has 1 N–H and O–H groups in total. The van der Waals surface area contributed by atoms with E-state index in [9.17, 15) is 0 Å². The second-order valence-corrected chi connectivity index (χ2v) is 5.67. The monoisotopic (exact) mass is 291 g/mol. The molecule has 1 heterocycles. The molecule has 3 nitrogen and oxygen atoms in total. The molecule has 0 aliphatic heterocycles. The summed E-state index contributed by atoms with van der Waals surface area (Å²) in [5, 5.41) is 8.72. The van der Waals surface area contributed by atoms with Crippen LogP contribution in [0.5, 0.6) is 0 Å². The molecule has 0 fully saturated rings. The quantitative estimate of drug-likeness (QED) is 0.917. The number of halogens is 1. The molecule has 2 aromatic rings. The van der Waals surface area contributed by atoms with E-state index in [2.05, 4.69) is 30.3 Å². The highest BCUT2D eigenvalue weighted by Crippen LogP contribution is 2.20. The lowest BCUT2D eigenvalue weighted by molar-refractivity contribution is 0.554. The molecule has 0 aliphatic carbocycles. The van der Waals surface area contributed by atoms with Gasteiger partial charge in [0.25, 0.3) is 0 Å². The van der Waals surface area contributed by atoms with Crippen molar-refractivity contribution in [2.45, 2.75) is 32.7 Å². The fourth-order valence-corrected chi connectivity index (χ4v) is 2.78.